The van der Waals surface area contributed by atoms with Crippen LogP contribution in [0, 0.1) is 5.82 Å². The zero-order chi connectivity index (χ0) is 21.3. The summed E-state index contributed by atoms with van der Waals surface area (Å²) >= 11 is 0. The molecule has 0 radical (unpaired) electrons. The fourth-order valence-corrected chi connectivity index (χ4v) is 3.43. The van der Waals surface area contributed by atoms with Crippen LogP contribution in [0.4, 0.5) is 23.2 Å². The molecule has 0 aliphatic carbocycles. The molecule has 2 aromatic carbocycles. The molecule has 2 heterocycles. The van der Waals surface area contributed by atoms with E-state index in [1.165, 1.54) is 17.0 Å². The lowest BCUT2D eigenvalue weighted by Crippen LogP contribution is -2.49. The van der Waals surface area contributed by atoms with Gasteiger partial charge in [0.2, 0.25) is 0 Å². The number of anilines is 1. The summed E-state index contributed by atoms with van der Waals surface area (Å²) in [6.45, 7) is 1.46. The van der Waals surface area contributed by atoms with Gasteiger partial charge in [0.05, 0.1) is 5.69 Å². The molecule has 0 bridgehead atoms. The van der Waals surface area contributed by atoms with Gasteiger partial charge in [0.25, 0.3) is 5.91 Å². The first-order chi connectivity index (χ1) is 14.3. The van der Waals surface area contributed by atoms with E-state index in [0.29, 0.717) is 17.8 Å². The number of para-hydroxylation sites is 1. The molecule has 1 amide bonds. The lowest BCUT2D eigenvalue weighted by molar-refractivity contribution is -0.143. The minimum absolute atomic E-state index is 0.164. The summed E-state index contributed by atoms with van der Waals surface area (Å²) in [5, 5.41) is 7.00. The highest BCUT2D eigenvalue weighted by Gasteiger charge is 2.43. The van der Waals surface area contributed by atoms with Gasteiger partial charge in [-0.1, -0.05) is 29.5 Å². The van der Waals surface area contributed by atoms with Crippen LogP contribution in [-0.2, 0) is 6.18 Å². The van der Waals surface area contributed by atoms with Crippen LogP contribution in [0.3, 0.4) is 0 Å². The third kappa shape index (κ3) is 3.85. The van der Waals surface area contributed by atoms with Crippen LogP contribution in [0.5, 0.6) is 0 Å². The Hall–Kier alpha value is -3.43. The number of benzene rings is 2. The number of nitrogens with zero attached hydrogens (tertiary/aromatic N) is 5. The molecule has 0 spiro atoms. The number of halogens is 4. The Morgan fingerprint density at radius 2 is 1.57 bits per heavy atom. The molecule has 3 aromatic rings. The van der Waals surface area contributed by atoms with E-state index in [0.717, 1.165) is 17.8 Å². The third-order valence-electron chi connectivity index (χ3n) is 4.88. The smallest absolute Gasteiger partial charge is 0.368 e. The van der Waals surface area contributed by atoms with Crippen LogP contribution in [0.15, 0.2) is 54.6 Å². The highest BCUT2D eigenvalue weighted by molar-refractivity contribution is 5.93. The number of hydrogen-bond donors (Lipinski definition) is 0. The Morgan fingerprint density at radius 1 is 0.900 bits per heavy atom. The minimum Gasteiger partial charge on any atom is -0.368 e. The van der Waals surface area contributed by atoms with Gasteiger partial charge < -0.3 is 9.80 Å². The van der Waals surface area contributed by atoms with Crippen molar-refractivity contribution in [3.63, 3.8) is 0 Å². The Bertz CT molecular complexity index is 1040. The summed E-state index contributed by atoms with van der Waals surface area (Å²) in [6, 6.07) is 14.1. The SMILES string of the molecule is O=C(c1nnn(-c2cccc(F)c2)c1C(F)(F)F)N1CCN(c2ccccc2)CC1. The Kier molecular flexibility index (Phi) is 5.15. The monoisotopic (exact) mass is 419 g/mol. The van der Waals surface area contributed by atoms with Crippen LogP contribution in [-0.4, -0.2) is 52.0 Å². The third-order valence-corrected chi connectivity index (χ3v) is 4.88. The van der Waals surface area contributed by atoms with Gasteiger partial charge in [-0.05, 0) is 30.3 Å². The molecule has 6 nitrogen and oxygen atoms in total. The summed E-state index contributed by atoms with van der Waals surface area (Å²) < 4.78 is 55.2. The van der Waals surface area contributed by atoms with Crippen molar-refractivity contribution in [3.05, 3.63) is 71.8 Å². The molecule has 10 heteroatoms. The predicted molar refractivity (Wildman–Crippen MR) is 101 cm³/mol. The van der Waals surface area contributed by atoms with Crippen LogP contribution in [0.2, 0.25) is 0 Å². The maximum atomic E-state index is 13.8. The fraction of sp³-hybridized carbons (Fsp3) is 0.250. The first kappa shape index (κ1) is 19.9. The summed E-state index contributed by atoms with van der Waals surface area (Å²) in [4.78, 5) is 16.2. The molecule has 0 unspecified atom stereocenters. The lowest BCUT2D eigenvalue weighted by atomic mass is 10.2. The van der Waals surface area contributed by atoms with Gasteiger partial charge in [-0.2, -0.15) is 13.2 Å². The van der Waals surface area contributed by atoms with Crippen molar-refractivity contribution >= 4 is 11.6 Å². The van der Waals surface area contributed by atoms with E-state index in [2.05, 4.69) is 15.2 Å². The molecule has 0 N–H and O–H groups in total. The number of carbonyl (C=O) groups is 1. The molecule has 1 fully saturated rings. The van der Waals surface area contributed by atoms with E-state index in [9.17, 15) is 22.4 Å². The second-order valence-electron chi connectivity index (χ2n) is 6.79. The second kappa shape index (κ2) is 7.77. The number of aromatic nitrogens is 3. The molecule has 156 valence electrons. The molecule has 4 rings (SSSR count). The number of carbonyl (C=O) groups excluding carboxylic acids is 1. The summed E-state index contributed by atoms with van der Waals surface area (Å²) in [5.41, 5.74) is -1.29. The summed E-state index contributed by atoms with van der Waals surface area (Å²) in [5.74, 6) is -1.57. The number of piperazine rings is 1. The number of amides is 1. The van der Waals surface area contributed by atoms with Gasteiger partial charge >= 0.3 is 6.18 Å². The average molecular weight is 419 g/mol. The first-order valence-electron chi connectivity index (χ1n) is 9.23. The standard InChI is InChI=1S/C20H17F4N5O/c21-14-5-4-8-16(13-14)29-18(20(22,23)24)17(25-26-29)19(30)28-11-9-27(10-12-28)15-6-2-1-3-7-15/h1-8,13H,9-12H2. The Labute approximate surface area is 169 Å². The Morgan fingerprint density at radius 3 is 2.20 bits per heavy atom. The number of hydrogen-bond acceptors (Lipinski definition) is 4. The molecule has 30 heavy (non-hydrogen) atoms. The van der Waals surface area contributed by atoms with Crippen molar-refractivity contribution in [3.8, 4) is 5.69 Å². The van der Waals surface area contributed by atoms with Crippen LogP contribution in [0.25, 0.3) is 5.69 Å². The zero-order valence-corrected chi connectivity index (χ0v) is 15.7. The van der Waals surface area contributed by atoms with E-state index < -0.39 is 29.3 Å². The lowest BCUT2D eigenvalue weighted by Gasteiger charge is -2.35. The first-order valence-corrected chi connectivity index (χ1v) is 9.23. The maximum absolute atomic E-state index is 13.8. The molecular weight excluding hydrogens is 402 g/mol. The van der Waals surface area contributed by atoms with Crippen LogP contribution in [0.1, 0.15) is 16.2 Å². The van der Waals surface area contributed by atoms with E-state index >= 15 is 0 Å². The second-order valence-corrected chi connectivity index (χ2v) is 6.79. The van der Waals surface area contributed by atoms with Crippen molar-refractivity contribution in [2.24, 2.45) is 0 Å². The Balaban J connectivity index is 1.59. The molecule has 0 saturated carbocycles. The summed E-state index contributed by atoms with van der Waals surface area (Å²) in [7, 11) is 0. The number of alkyl halides is 3. The molecular formula is C20H17F4N5O. The summed E-state index contributed by atoms with van der Waals surface area (Å²) in [6.07, 6.45) is -4.90. The molecule has 1 saturated heterocycles. The van der Waals surface area contributed by atoms with E-state index in [1.807, 2.05) is 30.3 Å². The zero-order valence-electron chi connectivity index (χ0n) is 15.7. The van der Waals surface area contributed by atoms with Gasteiger partial charge in [-0.3, -0.25) is 4.79 Å². The van der Waals surface area contributed by atoms with Crippen molar-refractivity contribution < 1.29 is 22.4 Å². The van der Waals surface area contributed by atoms with Crippen molar-refractivity contribution in [1.82, 2.24) is 19.9 Å². The highest BCUT2D eigenvalue weighted by Crippen LogP contribution is 2.33. The molecule has 0 atom stereocenters. The van der Waals surface area contributed by atoms with Gasteiger partial charge in [0.1, 0.15) is 5.82 Å². The van der Waals surface area contributed by atoms with Gasteiger partial charge in [-0.15, -0.1) is 5.10 Å². The van der Waals surface area contributed by atoms with Crippen molar-refractivity contribution in [2.75, 3.05) is 31.1 Å². The molecule has 1 aromatic heterocycles. The number of rotatable bonds is 3. The fourth-order valence-electron chi connectivity index (χ4n) is 3.43. The topological polar surface area (TPSA) is 54.3 Å². The van der Waals surface area contributed by atoms with Crippen LogP contribution < -0.4 is 4.90 Å². The van der Waals surface area contributed by atoms with E-state index in [-0.39, 0.29) is 18.8 Å². The highest BCUT2D eigenvalue weighted by atomic mass is 19.4. The quantitative estimate of drug-likeness (QED) is 0.611. The van der Waals surface area contributed by atoms with Gasteiger partial charge in [-0.25, -0.2) is 9.07 Å². The largest absolute Gasteiger partial charge is 0.435 e. The predicted octanol–water partition coefficient (Wildman–Crippen LogP) is 3.39. The minimum atomic E-state index is -4.90. The van der Waals surface area contributed by atoms with Gasteiger partial charge in [0.15, 0.2) is 11.4 Å². The molecule has 1 aliphatic heterocycles. The van der Waals surface area contributed by atoms with Crippen molar-refractivity contribution in [1.29, 1.82) is 0 Å². The average Bonchev–Trinajstić information content (AvgIpc) is 3.20. The van der Waals surface area contributed by atoms with E-state index in [1.54, 1.807) is 0 Å². The van der Waals surface area contributed by atoms with Crippen molar-refractivity contribution in [2.45, 2.75) is 6.18 Å². The normalized spacial score (nSPS) is 14.8. The maximum Gasteiger partial charge on any atom is 0.435 e. The van der Waals surface area contributed by atoms with E-state index in [4.69, 9.17) is 0 Å². The van der Waals surface area contributed by atoms with Crippen LogP contribution >= 0.6 is 0 Å². The molecule has 1 aliphatic rings. The van der Waals surface area contributed by atoms with Gasteiger partial charge in [0, 0.05) is 31.9 Å².